The summed E-state index contributed by atoms with van der Waals surface area (Å²) in [6, 6.07) is 4.15. The Morgan fingerprint density at radius 1 is 1.47 bits per heavy atom. The lowest BCUT2D eigenvalue weighted by molar-refractivity contribution is 0.0145. The fraction of sp³-hybridized carbons (Fsp3) is 0.692. The molecule has 0 radical (unpaired) electrons. The number of aliphatic hydroxyl groups excluding tert-OH is 1. The van der Waals surface area contributed by atoms with Gasteiger partial charge < -0.3 is 15.2 Å². The molecule has 0 aliphatic carbocycles. The number of hydrogen-bond acceptors (Lipinski definition) is 5. The van der Waals surface area contributed by atoms with Gasteiger partial charge in [-0.2, -0.15) is 0 Å². The van der Waals surface area contributed by atoms with Gasteiger partial charge in [-0.25, -0.2) is 0 Å². The average Bonchev–Trinajstić information content (AvgIpc) is 2.84. The molecule has 0 amide bonds. The Morgan fingerprint density at radius 3 is 2.84 bits per heavy atom. The van der Waals surface area contributed by atoms with Crippen LogP contribution in [0.1, 0.15) is 17.8 Å². The Kier molecular flexibility index (Phi) is 6.06. The van der Waals surface area contributed by atoms with Gasteiger partial charge in [0.15, 0.2) is 0 Å². The zero-order valence-electron chi connectivity index (χ0n) is 11.1. The van der Waals surface area contributed by atoms with E-state index in [1.54, 1.807) is 11.3 Å². The number of ether oxygens (including phenoxy) is 1. The summed E-state index contributed by atoms with van der Waals surface area (Å²) >= 11 is 7.50. The molecular formula is C13H21ClN2O2S. The normalized spacial score (nSPS) is 20.4. The van der Waals surface area contributed by atoms with Gasteiger partial charge in [-0.1, -0.05) is 11.6 Å². The number of aliphatic hydroxyl groups is 1. The highest BCUT2D eigenvalue weighted by Gasteiger charge is 2.16. The Morgan fingerprint density at radius 2 is 2.21 bits per heavy atom. The zero-order valence-corrected chi connectivity index (χ0v) is 12.7. The molecule has 1 aromatic rings. The largest absolute Gasteiger partial charge is 0.390 e. The van der Waals surface area contributed by atoms with Crippen LogP contribution in [0.5, 0.6) is 0 Å². The lowest BCUT2D eigenvalue weighted by Crippen LogP contribution is -2.44. The van der Waals surface area contributed by atoms with Crippen molar-refractivity contribution in [1.29, 1.82) is 0 Å². The van der Waals surface area contributed by atoms with Gasteiger partial charge in [-0.05, 0) is 19.1 Å². The van der Waals surface area contributed by atoms with E-state index in [2.05, 4.69) is 17.1 Å². The van der Waals surface area contributed by atoms with E-state index in [0.717, 1.165) is 30.6 Å². The van der Waals surface area contributed by atoms with Crippen LogP contribution in [0.25, 0.3) is 0 Å². The number of β-amino-alcohol motifs (C(OH)–C–C–N with tert-alkyl or cyclic N) is 1. The summed E-state index contributed by atoms with van der Waals surface area (Å²) < 4.78 is 6.09. The molecule has 0 saturated carbocycles. The van der Waals surface area contributed by atoms with Gasteiger partial charge >= 0.3 is 0 Å². The summed E-state index contributed by atoms with van der Waals surface area (Å²) in [4.78, 5) is 3.44. The molecule has 2 rings (SSSR count). The highest BCUT2D eigenvalue weighted by Crippen LogP contribution is 2.26. The molecule has 0 aromatic carbocycles. The van der Waals surface area contributed by atoms with E-state index in [4.69, 9.17) is 16.3 Å². The molecule has 1 aliphatic rings. The maximum Gasteiger partial charge on any atom is 0.0931 e. The van der Waals surface area contributed by atoms with Gasteiger partial charge in [0.05, 0.1) is 23.7 Å². The van der Waals surface area contributed by atoms with Crippen LogP contribution in [-0.2, 0) is 4.74 Å². The third kappa shape index (κ3) is 5.02. The van der Waals surface area contributed by atoms with Crippen LogP contribution in [0, 0.1) is 0 Å². The second-order valence-corrected chi connectivity index (χ2v) is 6.59. The predicted molar refractivity (Wildman–Crippen MR) is 79.0 cm³/mol. The minimum absolute atomic E-state index is 0.219. The Labute approximate surface area is 123 Å². The maximum atomic E-state index is 10.0. The summed E-state index contributed by atoms with van der Waals surface area (Å²) in [5, 5.41) is 13.4. The number of thiophene rings is 1. The van der Waals surface area contributed by atoms with Crippen LogP contribution in [-0.4, -0.2) is 55.5 Å². The monoisotopic (exact) mass is 304 g/mol. The lowest BCUT2D eigenvalue weighted by Gasteiger charge is -2.29. The van der Waals surface area contributed by atoms with E-state index >= 15 is 0 Å². The molecule has 2 unspecified atom stereocenters. The highest BCUT2D eigenvalue weighted by molar-refractivity contribution is 7.16. The number of rotatable bonds is 6. The van der Waals surface area contributed by atoms with Crippen molar-refractivity contribution in [3.63, 3.8) is 0 Å². The Hall–Kier alpha value is -0.170. The molecule has 2 heterocycles. The third-order valence-corrected chi connectivity index (χ3v) is 4.67. The molecule has 1 fully saturated rings. The second-order valence-electron chi connectivity index (χ2n) is 4.84. The van der Waals surface area contributed by atoms with E-state index in [-0.39, 0.29) is 12.1 Å². The van der Waals surface area contributed by atoms with Gasteiger partial charge in [0.25, 0.3) is 0 Å². The van der Waals surface area contributed by atoms with Crippen LogP contribution < -0.4 is 5.32 Å². The minimum Gasteiger partial charge on any atom is -0.390 e. The first-order valence-electron chi connectivity index (χ1n) is 6.62. The molecular weight excluding hydrogens is 284 g/mol. The average molecular weight is 305 g/mol. The van der Waals surface area contributed by atoms with Crippen molar-refractivity contribution in [3.8, 4) is 0 Å². The smallest absolute Gasteiger partial charge is 0.0931 e. The first kappa shape index (κ1) is 15.2. The first-order valence-corrected chi connectivity index (χ1v) is 7.81. The van der Waals surface area contributed by atoms with E-state index in [0.29, 0.717) is 13.1 Å². The van der Waals surface area contributed by atoms with Gasteiger partial charge in [-0.3, -0.25) is 4.90 Å². The standard InChI is InChI=1S/C13H21ClN2O2S/c1-10(12-2-3-13(14)19-12)15-8-11(17)9-16-4-6-18-7-5-16/h2-3,10-11,15,17H,4-9H2,1H3. The van der Waals surface area contributed by atoms with Crippen molar-refractivity contribution in [1.82, 2.24) is 10.2 Å². The second kappa shape index (κ2) is 7.57. The van der Waals surface area contributed by atoms with Crippen molar-refractivity contribution >= 4 is 22.9 Å². The van der Waals surface area contributed by atoms with Crippen LogP contribution in [0.15, 0.2) is 12.1 Å². The number of nitrogens with one attached hydrogen (secondary N) is 1. The molecule has 1 aromatic heterocycles. The summed E-state index contributed by atoms with van der Waals surface area (Å²) in [6.45, 7) is 6.74. The summed E-state index contributed by atoms with van der Waals surface area (Å²) in [7, 11) is 0. The maximum absolute atomic E-state index is 10.0. The quantitative estimate of drug-likeness (QED) is 0.840. The lowest BCUT2D eigenvalue weighted by atomic mass is 10.2. The molecule has 0 bridgehead atoms. The molecule has 2 N–H and O–H groups in total. The summed E-state index contributed by atoms with van der Waals surface area (Å²) in [5.74, 6) is 0. The summed E-state index contributed by atoms with van der Waals surface area (Å²) in [6.07, 6.45) is -0.351. The van der Waals surface area contributed by atoms with Crippen molar-refractivity contribution in [2.45, 2.75) is 19.1 Å². The van der Waals surface area contributed by atoms with Crippen molar-refractivity contribution in [2.75, 3.05) is 39.4 Å². The molecule has 108 valence electrons. The number of morpholine rings is 1. The van der Waals surface area contributed by atoms with Crippen LogP contribution in [0.4, 0.5) is 0 Å². The van der Waals surface area contributed by atoms with E-state index < -0.39 is 0 Å². The number of halogens is 1. The summed E-state index contributed by atoms with van der Waals surface area (Å²) in [5.41, 5.74) is 0. The SMILES string of the molecule is CC(NCC(O)CN1CCOCC1)c1ccc(Cl)s1. The third-order valence-electron chi connectivity index (χ3n) is 3.25. The van der Waals surface area contributed by atoms with Crippen molar-refractivity contribution < 1.29 is 9.84 Å². The minimum atomic E-state index is -0.351. The van der Waals surface area contributed by atoms with Gasteiger partial charge in [0.2, 0.25) is 0 Å². The van der Waals surface area contributed by atoms with Crippen LogP contribution in [0.2, 0.25) is 4.34 Å². The first-order chi connectivity index (χ1) is 9.15. The Balaban J connectivity index is 1.69. The van der Waals surface area contributed by atoms with Crippen LogP contribution in [0.3, 0.4) is 0 Å². The van der Waals surface area contributed by atoms with Gasteiger partial charge in [0, 0.05) is 37.1 Å². The zero-order chi connectivity index (χ0) is 13.7. The molecule has 2 atom stereocenters. The molecule has 4 nitrogen and oxygen atoms in total. The van der Waals surface area contributed by atoms with E-state index in [1.807, 2.05) is 12.1 Å². The molecule has 19 heavy (non-hydrogen) atoms. The number of hydrogen-bond donors (Lipinski definition) is 2. The number of nitrogens with zero attached hydrogens (tertiary/aromatic N) is 1. The topological polar surface area (TPSA) is 44.7 Å². The van der Waals surface area contributed by atoms with Crippen LogP contribution >= 0.6 is 22.9 Å². The molecule has 6 heteroatoms. The van der Waals surface area contributed by atoms with E-state index in [1.165, 1.54) is 4.88 Å². The molecule has 0 spiro atoms. The molecule has 1 saturated heterocycles. The van der Waals surface area contributed by atoms with Gasteiger partial charge in [-0.15, -0.1) is 11.3 Å². The Bertz CT molecular complexity index is 382. The highest BCUT2D eigenvalue weighted by atomic mass is 35.5. The van der Waals surface area contributed by atoms with Gasteiger partial charge in [0.1, 0.15) is 0 Å². The molecule has 1 aliphatic heterocycles. The fourth-order valence-electron chi connectivity index (χ4n) is 2.12. The predicted octanol–water partition coefficient (Wildman–Crippen LogP) is 1.75. The van der Waals surface area contributed by atoms with E-state index in [9.17, 15) is 5.11 Å². The fourth-order valence-corrected chi connectivity index (χ4v) is 3.21. The van der Waals surface area contributed by atoms with Crippen molar-refractivity contribution in [3.05, 3.63) is 21.3 Å². The van der Waals surface area contributed by atoms with Crippen molar-refractivity contribution in [2.24, 2.45) is 0 Å².